The number of benzene rings is 2. The highest BCUT2D eigenvalue weighted by Gasteiger charge is 2.19. The summed E-state index contributed by atoms with van der Waals surface area (Å²) < 4.78 is 6.93. The first-order valence-electron chi connectivity index (χ1n) is 10.7. The second kappa shape index (κ2) is 11.5. The Bertz CT molecular complexity index is 1390. The quantitative estimate of drug-likeness (QED) is 0.303. The summed E-state index contributed by atoms with van der Waals surface area (Å²) in [6, 6.07) is 12.3. The van der Waals surface area contributed by atoms with Crippen LogP contribution in [0.4, 0.5) is 5.13 Å². The maximum absolute atomic E-state index is 12.7. The summed E-state index contributed by atoms with van der Waals surface area (Å²) in [5.74, 6) is 0.715. The fraction of sp³-hybridized carbons (Fsp3) is 0.217. The third-order valence-corrected chi connectivity index (χ3v) is 7.14. The van der Waals surface area contributed by atoms with Gasteiger partial charge < -0.3 is 10.1 Å². The number of halogens is 1. The van der Waals surface area contributed by atoms with E-state index in [1.165, 1.54) is 23.1 Å². The van der Waals surface area contributed by atoms with Crippen molar-refractivity contribution in [2.75, 3.05) is 18.2 Å². The Morgan fingerprint density at radius 1 is 1.08 bits per heavy atom. The largest absolute Gasteiger partial charge is 0.497 e. The standard InChI is InChI=1S/C23H22ClN7O3S2/c1-13-17(24)5-4-6-18(13)31-19(11-25-21(33)15-7-9-16(34-3)10-8-15)28-30-23(31)35-12-20(32)26-22-29-27-14(2)36-22/h4-10H,11-12H2,1-3H3,(H,25,33)(H,26,29,32). The van der Waals surface area contributed by atoms with Gasteiger partial charge in [-0.05, 0) is 55.8 Å². The normalized spacial score (nSPS) is 10.8. The summed E-state index contributed by atoms with van der Waals surface area (Å²) >= 11 is 8.88. The first-order chi connectivity index (χ1) is 17.4. The first-order valence-corrected chi connectivity index (χ1v) is 12.9. The highest BCUT2D eigenvalue weighted by Crippen LogP contribution is 2.28. The number of aryl methyl sites for hydroxylation is 1. The Labute approximate surface area is 220 Å². The van der Waals surface area contributed by atoms with Gasteiger partial charge in [-0.3, -0.25) is 19.5 Å². The van der Waals surface area contributed by atoms with Gasteiger partial charge in [0.05, 0.1) is 25.1 Å². The highest BCUT2D eigenvalue weighted by molar-refractivity contribution is 7.99. The Morgan fingerprint density at radius 3 is 2.56 bits per heavy atom. The van der Waals surface area contributed by atoms with Crippen molar-refractivity contribution in [3.8, 4) is 11.4 Å². The zero-order valence-corrected chi connectivity index (χ0v) is 22.0. The molecule has 10 nitrogen and oxygen atoms in total. The number of ether oxygens (including phenoxy) is 1. The van der Waals surface area contributed by atoms with Crippen molar-refractivity contribution in [3.05, 3.63) is 69.4 Å². The minimum Gasteiger partial charge on any atom is -0.497 e. The van der Waals surface area contributed by atoms with E-state index in [4.69, 9.17) is 16.3 Å². The predicted octanol–water partition coefficient (Wildman–Crippen LogP) is 4.06. The Morgan fingerprint density at radius 2 is 1.86 bits per heavy atom. The number of carbonyl (C=O) groups is 2. The molecule has 0 atom stereocenters. The van der Waals surface area contributed by atoms with E-state index in [1.807, 2.05) is 26.0 Å². The van der Waals surface area contributed by atoms with E-state index in [0.29, 0.717) is 32.4 Å². The van der Waals surface area contributed by atoms with Crippen molar-refractivity contribution in [1.82, 2.24) is 30.3 Å². The van der Waals surface area contributed by atoms with Crippen LogP contribution in [0, 0.1) is 13.8 Å². The number of nitrogens with zero attached hydrogens (tertiary/aromatic N) is 5. The molecule has 0 spiro atoms. The van der Waals surface area contributed by atoms with Crippen LogP contribution in [0.1, 0.15) is 26.8 Å². The molecule has 0 fully saturated rings. The van der Waals surface area contributed by atoms with Crippen molar-refractivity contribution < 1.29 is 14.3 Å². The molecule has 2 aromatic heterocycles. The van der Waals surface area contributed by atoms with Gasteiger partial charge in [0.25, 0.3) is 5.91 Å². The zero-order chi connectivity index (χ0) is 25.7. The molecule has 0 aliphatic carbocycles. The fourth-order valence-corrected chi connectivity index (χ4v) is 4.77. The van der Waals surface area contributed by atoms with Crippen LogP contribution in [0.2, 0.25) is 5.02 Å². The van der Waals surface area contributed by atoms with Crippen LogP contribution in [0.5, 0.6) is 5.75 Å². The van der Waals surface area contributed by atoms with Crippen molar-refractivity contribution in [1.29, 1.82) is 0 Å². The average molecular weight is 544 g/mol. The molecule has 0 aliphatic heterocycles. The fourth-order valence-electron chi connectivity index (χ4n) is 3.22. The molecule has 0 unspecified atom stereocenters. The second-order valence-electron chi connectivity index (χ2n) is 7.49. The number of nitrogens with one attached hydrogen (secondary N) is 2. The molecule has 2 N–H and O–H groups in total. The summed E-state index contributed by atoms with van der Waals surface area (Å²) in [6.07, 6.45) is 0. The molecule has 0 bridgehead atoms. The van der Waals surface area contributed by atoms with Crippen molar-refractivity contribution in [2.45, 2.75) is 25.5 Å². The number of thioether (sulfide) groups is 1. The zero-order valence-electron chi connectivity index (χ0n) is 19.6. The van der Waals surface area contributed by atoms with Crippen LogP contribution in [-0.4, -0.2) is 49.6 Å². The summed E-state index contributed by atoms with van der Waals surface area (Å²) in [4.78, 5) is 25.1. The summed E-state index contributed by atoms with van der Waals surface area (Å²) in [5.41, 5.74) is 2.06. The third-order valence-electron chi connectivity index (χ3n) is 5.04. The molecule has 186 valence electrons. The smallest absolute Gasteiger partial charge is 0.251 e. The molecule has 2 aromatic carbocycles. The molecule has 4 rings (SSSR count). The van der Waals surface area contributed by atoms with Crippen LogP contribution in [0.3, 0.4) is 0 Å². The minimum absolute atomic E-state index is 0.0780. The van der Waals surface area contributed by atoms with Gasteiger partial charge in [0.2, 0.25) is 11.0 Å². The molecule has 0 aliphatic rings. The molecule has 0 saturated heterocycles. The molecular weight excluding hydrogens is 522 g/mol. The second-order valence-corrected chi connectivity index (χ2v) is 10.0. The third kappa shape index (κ3) is 6.01. The van der Waals surface area contributed by atoms with Gasteiger partial charge in [-0.2, -0.15) is 0 Å². The Kier molecular flexibility index (Phi) is 8.18. The van der Waals surface area contributed by atoms with Gasteiger partial charge in [-0.25, -0.2) is 0 Å². The Hall–Kier alpha value is -3.48. The van der Waals surface area contributed by atoms with Gasteiger partial charge in [0, 0.05) is 10.6 Å². The monoisotopic (exact) mass is 543 g/mol. The maximum atomic E-state index is 12.7. The van der Waals surface area contributed by atoms with Crippen LogP contribution in [-0.2, 0) is 11.3 Å². The number of carbonyl (C=O) groups excluding carboxylic acids is 2. The van der Waals surface area contributed by atoms with Gasteiger partial charge in [-0.1, -0.05) is 40.8 Å². The van der Waals surface area contributed by atoms with Crippen LogP contribution in [0.15, 0.2) is 47.6 Å². The van der Waals surface area contributed by atoms with E-state index in [2.05, 4.69) is 31.0 Å². The number of amides is 2. The summed E-state index contributed by atoms with van der Waals surface area (Å²) in [7, 11) is 1.57. The average Bonchev–Trinajstić information content (AvgIpc) is 3.48. The molecule has 0 radical (unpaired) electrons. The predicted molar refractivity (Wildman–Crippen MR) is 139 cm³/mol. The molecule has 4 aromatic rings. The number of rotatable bonds is 9. The van der Waals surface area contributed by atoms with Gasteiger partial charge in [0.1, 0.15) is 10.8 Å². The van der Waals surface area contributed by atoms with Gasteiger partial charge in [0.15, 0.2) is 11.0 Å². The molecule has 13 heteroatoms. The van der Waals surface area contributed by atoms with Gasteiger partial charge >= 0.3 is 0 Å². The van der Waals surface area contributed by atoms with E-state index < -0.39 is 0 Å². The van der Waals surface area contributed by atoms with E-state index in [0.717, 1.165) is 16.3 Å². The lowest BCUT2D eigenvalue weighted by atomic mass is 10.2. The van der Waals surface area contributed by atoms with Crippen LogP contribution >= 0.6 is 34.7 Å². The SMILES string of the molecule is COc1ccc(C(=O)NCc2nnc(SCC(=O)Nc3nnc(C)s3)n2-c2cccc(Cl)c2C)cc1. The summed E-state index contributed by atoms with van der Waals surface area (Å²) in [5, 5.41) is 24.2. The number of methoxy groups -OCH3 is 1. The maximum Gasteiger partial charge on any atom is 0.251 e. The first kappa shape index (κ1) is 25.6. The number of hydrogen-bond acceptors (Lipinski definition) is 9. The lowest BCUT2D eigenvalue weighted by Crippen LogP contribution is -2.24. The number of aromatic nitrogens is 5. The summed E-state index contributed by atoms with van der Waals surface area (Å²) in [6.45, 7) is 3.81. The molecule has 36 heavy (non-hydrogen) atoms. The number of anilines is 1. The topological polar surface area (TPSA) is 124 Å². The molecule has 2 amide bonds. The lowest BCUT2D eigenvalue weighted by Gasteiger charge is -2.14. The minimum atomic E-state index is -0.268. The van der Waals surface area contributed by atoms with E-state index >= 15 is 0 Å². The highest BCUT2D eigenvalue weighted by atomic mass is 35.5. The van der Waals surface area contributed by atoms with Gasteiger partial charge in [-0.15, -0.1) is 20.4 Å². The van der Waals surface area contributed by atoms with Crippen LogP contribution < -0.4 is 15.4 Å². The Balaban J connectivity index is 1.53. The van der Waals surface area contributed by atoms with Crippen molar-refractivity contribution in [3.63, 3.8) is 0 Å². The molecule has 0 saturated carbocycles. The lowest BCUT2D eigenvalue weighted by molar-refractivity contribution is -0.113. The van der Waals surface area contributed by atoms with E-state index in [-0.39, 0.29) is 24.1 Å². The van der Waals surface area contributed by atoms with Crippen molar-refractivity contribution >= 4 is 51.6 Å². The van der Waals surface area contributed by atoms with E-state index in [1.54, 1.807) is 42.0 Å². The van der Waals surface area contributed by atoms with Crippen LogP contribution in [0.25, 0.3) is 5.69 Å². The molecular formula is C23H22ClN7O3S2. The van der Waals surface area contributed by atoms with Crippen molar-refractivity contribution in [2.24, 2.45) is 0 Å². The number of hydrogen-bond donors (Lipinski definition) is 2. The molecule has 2 heterocycles. The van der Waals surface area contributed by atoms with E-state index in [9.17, 15) is 9.59 Å².